The van der Waals surface area contributed by atoms with E-state index in [1.807, 2.05) is 0 Å². The second-order valence-electron chi connectivity index (χ2n) is 6.60. The van der Waals surface area contributed by atoms with E-state index < -0.39 is 0 Å². The van der Waals surface area contributed by atoms with Crippen molar-refractivity contribution in [1.82, 2.24) is 0 Å². The molecular weight excluding hydrogens is 226 g/mol. The van der Waals surface area contributed by atoms with Crippen molar-refractivity contribution in [2.45, 2.75) is 71.1 Å². The first-order chi connectivity index (χ1) is 8.35. The van der Waals surface area contributed by atoms with Gasteiger partial charge in [0.2, 0.25) is 0 Å². The highest BCUT2D eigenvalue weighted by atomic mass is 16.5. The molecule has 1 fully saturated rings. The van der Waals surface area contributed by atoms with Gasteiger partial charge in [-0.1, -0.05) is 13.8 Å². The second-order valence-corrected chi connectivity index (χ2v) is 6.60. The molecule has 0 heterocycles. The van der Waals surface area contributed by atoms with Gasteiger partial charge in [0.05, 0.1) is 11.7 Å². The summed E-state index contributed by atoms with van der Waals surface area (Å²) in [5, 5.41) is 0. The summed E-state index contributed by atoms with van der Waals surface area (Å²) in [6.07, 6.45) is 4.62. The Kier molecular flexibility index (Phi) is 6.09. The molecule has 0 saturated heterocycles. The lowest BCUT2D eigenvalue weighted by Gasteiger charge is -2.36. The number of rotatable bonds is 6. The van der Waals surface area contributed by atoms with Gasteiger partial charge >= 0.3 is 0 Å². The molecule has 0 aromatic rings. The van der Waals surface area contributed by atoms with E-state index in [-0.39, 0.29) is 17.7 Å². The molecule has 1 aliphatic carbocycles. The fraction of sp³-hybridized carbons (Fsp3) is 1.00. The standard InChI is InChI=1S/C15H31NO2/c1-11(2)12-6-7-13(16)14(10-12)18-9-8-15(3,4)17-5/h11-14H,6-10,16H2,1-5H3. The van der Waals surface area contributed by atoms with Gasteiger partial charge in [-0.15, -0.1) is 0 Å². The van der Waals surface area contributed by atoms with Crippen molar-refractivity contribution in [3.05, 3.63) is 0 Å². The smallest absolute Gasteiger partial charge is 0.0728 e. The van der Waals surface area contributed by atoms with Crippen molar-refractivity contribution >= 4 is 0 Å². The summed E-state index contributed by atoms with van der Waals surface area (Å²) >= 11 is 0. The maximum atomic E-state index is 6.17. The van der Waals surface area contributed by atoms with E-state index >= 15 is 0 Å². The summed E-state index contributed by atoms with van der Waals surface area (Å²) in [6.45, 7) is 9.52. The van der Waals surface area contributed by atoms with E-state index in [2.05, 4.69) is 27.7 Å². The van der Waals surface area contributed by atoms with E-state index in [0.717, 1.165) is 37.7 Å². The molecular formula is C15H31NO2. The lowest BCUT2D eigenvalue weighted by Crippen LogP contribution is -2.43. The molecule has 0 amide bonds. The Hall–Kier alpha value is -0.120. The summed E-state index contributed by atoms with van der Waals surface area (Å²) in [6, 6.07) is 0.214. The van der Waals surface area contributed by atoms with Gasteiger partial charge in [0, 0.05) is 19.8 Å². The Balaban J connectivity index is 2.35. The molecule has 1 aliphatic rings. The Bertz CT molecular complexity index is 241. The van der Waals surface area contributed by atoms with Gasteiger partial charge in [0.15, 0.2) is 0 Å². The van der Waals surface area contributed by atoms with Crippen LogP contribution in [0, 0.1) is 11.8 Å². The zero-order chi connectivity index (χ0) is 13.8. The molecule has 1 rings (SSSR count). The van der Waals surface area contributed by atoms with Crippen LogP contribution >= 0.6 is 0 Å². The molecule has 3 heteroatoms. The first kappa shape index (κ1) is 15.9. The Morgan fingerprint density at radius 3 is 2.50 bits per heavy atom. The van der Waals surface area contributed by atoms with Crippen LogP contribution in [0.5, 0.6) is 0 Å². The molecule has 18 heavy (non-hydrogen) atoms. The number of ether oxygens (including phenoxy) is 2. The largest absolute Gasteiger partial charge is 0.379 e. The van der Waals surface area contributed by atoms with Crippen molar-refractivity contribution in [3.8, 4) is 0 Å². The van der Waals surface area contributed by atoms with Crippen LogP contribution < -0.4 is 5.73 Å². The Morgan fingerprint density at radius 2 is 1.94 bits per heavy atom. The van der Waals surface area contributed by atoms with E-state index in [0.29, 0.717) is 0 Å². The first-order valence-corrected chi connectivity index (χ1v) is 7.28. The van der Waals surface area contributed by atoms with Crippen molar-refractivity contribution in [2.24, 2.45) is 17.6 Å². The fourth-order valence-corrected chi connectivity index (χ4v) is 2.54. The predicted molar refractivity (Wildman–Crippen MR) is 75.6 cm³/mol. The minimum Gasteiger partial charge on any atom is -0.379 e. The predicted octanol–water partition coefficient (Wildman–Crippen LogP) is 2.97. The number of hydrogen-bond donors (Lipinski definition) is 1. The van der Waals surface area contributed by atoms with E-state index in [4.69, 9.17) is 15.2 Å². The lowest BCUT2D eigenvalue weighted by molar-refractivity contribution is -0.0480. The van der Waals surface area contributed by atoms with Crippen molar-refractivity contribution in [1.29, 1.82) is 0 Å². The fourth-order valence-electron chi connectivity index (χ4n) is 2.54. The van der Waals surface area contributed by atoms with Gasteiger partial charge in [-0.2, -0.15) is 0 Å². The molecule has 1 saturated carbocycles. The van der Waals surface area contributed by atoms with Crippen LogP contribution in [0.2, 0.25) is 0 Å². The average Bonchev–Trinajstić information content (AvgIpc) is 2.31. The summed E-state index contributed by atoms with van der Waals surface area (Å²) in [7, 11) is 1.75. The Labute approximate surface area is 112 Å². The van der Waals surface area contributed by atoms with Crippen molar-refractivity contribution in [2.75, 3.05) is 13.7 Å². The quantitative estimate of drug-likeness (QED) is 0.795. The van der Waals surface area contributed by atoms with Gasteiger partial charge < -0.3 is 15.2 Å². The number of nitrogens with two attached hydrogens (primary N) is 1. The summed E-state index contributed by atoms with van der Waals surface area (Å²) in [5.41, 5.74) is 6.07. The minimum absolute atomic E-state index is 0.101. The monoisotopic (exact) mass is 257 g/mol. The highest BCUT2D eigenvalue weighted by Crippen LogP contribution is 2.31. The van der Waals surface area contributed by atoms with E-state index in [9.17, 15) is 0 Å². The van der Waals surface area contributed by atoms with E-state index in [1.54, 1.807) is 7.11 Å². The zero-order valence-corrected chi connectivity index (χ0v) is 12.7. The zero-order valence-electron chi connectivity index (χ0n) is 12.7. The molecule has 2 N–H and O–H groups in total. The minimum atomic E-state index is -0.101. The van der Waals surface area contributed by atoms with Crippen LogP contribution in [-0.4, -0.2) is 31.5 Å². The average molecular weight is 257 g/mol. The third-order valence-electron chi connectivity index (χ3n) is 4.41. The molecule has 3 nitrogen and oxygen atoms in total. The Morgan fingerprint density at radius 1 is 1.28 bits per heavy atom. The number of hydrogen-bond acceptors (Lipinski definition) is 3. The molecule has 0 spiro atoms. The molecule has 3 atom stereocenters. The maximum Gasteiger partial charge on any atom is 0.0728 e. The molecule has 0 aromatic carbocycles. The normalized spacial score (nSPS) is 29.8. The number of methoxy groups -OCH3 is 1. The van der Waals surface area contributed by atoms with Crippen LogP contribution in [0.3, 0.4) is 0 Å². The van der Waals surface area contributed by atoms with Crippen LogP contribution in [0.4, 0.5) is 0 Å². The van der Waals surface area contributed by atoms with Crippen molar-refractivity contribution < 1.29 is 9.47 Å². The molecule has 0 aromatic heterocycles. The second kappa shape index (κ2) is 6.88. The van der Waals surface area contributed by atoms with Crippen LogP contribution in [0.25, 0.3) is 0 Å². The molecule has 0 bridgehead atoms. The SMILES string of the molecule is COC(C)(C)CCOC1CC(C(C)C)CCC1N. The van der Waals surface area contributed by atoms with Gasteiger partial charge in [-0.3, -0.25) is 0 Å². The van der Waals surface area contributed by atoms with Crippen LogP contribution in [0.15, 0.2) is 0 Å². The van der Waals surface area contributed by atoms with Gasteiger partial charge in [-0.25, -0.2) is 0 Å². The van der Waals surface area contributed by atoms with Crippen LogP contribution in [-0.2, 0) is 9.47 Å². The van der Waals surface area contributed by atoms with Gasteiger partial charge in [0.1, 0.15) is 0 Å². The van der Waals surface area contributed by atoms with Gasteiger partial charge in [0.25, 0.3) is 0 Å². The topological polar surface area (TPSA) is 44.5 Å². The molecule has 108 valence electrons. The van der Waals surface area contributed by atoms with E-state index in [1.165, 1.54) is 6.42 Å². The van der Waals surface area contributed by atoms with Crippen molar-refractivity contribution in [3.63, 3.8) is 0 Å². The molecule has 0 aliphatic heterocycles. The third-order valence-corrected chi connectivity index (χ3v) is 4.41. The highest BCUT2D eigenvalue weighted by Gasteiger charge is 2.30. The summed E-state index contributed by atoms with van der Waals surface area (Å²) < 4.78 is 11.4. The first-order valence-electron chi connectivity index (χ1n) is 7.28. The third kappa shape index (κ3) is 4.87. The highest BCUT2D eigenvalue weighted by molar-refractivity contribution is 4.84. The lowest BCUT2D eigenvalue weighted by atomic mass is 9.78. The summed E-state index contributed by atoms with van der Waals surface area (Å²) in [5.74, 6) is 1.50. The molecule has 3 unspecified atom stereocenters. The summed E-state index contributed by atoms with van der Waals surface area (Å²) in [4.78, 5) is 0. The maximum absolute atomic E-state index is 6.17. The van der Waals surface area contributed by atoms with Gasteiger partial charge in [-0.05, 0) is 51.4 Å². The molecule has 0 radical (unpaired) electrons. The van der Waals surface area contributed by atoms with Crippen LogP contribution in [0.1, 0.15) is 53.4 Å².